The van der Waals surface area contributed by atoms with Gasteiger partial charge in [0.1, 0.15) is 0 Å². The Labute approximate surface area is 115 Å². The zero-order valence-electron chi connectivity index (χ0n) is 10.9. The summed E-state index contributed by atoms with van der Waals surface area (Å²) in [6.45, 7) is 2.37. The number of nitrogens with two attached hydrogens (primary N) is 1. The third kappa shape index (κ3) is 2.97. The number of nitrogens with zero attached hydrogens (tertiary/aromatic N) is 1. The summed E-state index contributed by atoms with van der Waals surface area (Å²) in [7, 11) is 0. The lowest BCUT2D eigenvalue weighted by Crippen LogP contribution is -2.02. The quantitative estimate of drug-likeness (QED) is 0.870. The van der Waals surface area contributed by atoms with Gasteiger partial charge >= 0.3 is 5.97 Å². The second-order valence-corrected chi connectivity index (χ2v) is 3.91. The normalized spacial score (nSPS) is 10.1. The van der Waals surface area contributed by atoms with E-state index in [0.29, 0.717) is 18.1 Å². The zero-order valence-corrected chi connectivity index (χ0v) is 10.9. The van der Waals surface area contributed by atoms with Crippen molar-refractivity contribution in [2.75, 3.05) is 12.3 Å². The third-order valence-corrected chi connectivity index (χ3v) is 2.48. The van der Waals surface area contributed by atoms with E-state index in [1.165, 1.54) is 12.3 Å². The van der Waals surface area contributed by atoms with E-state index >= 15 is 0 Å². The van der Waals surface area contributed by atoms with Crippen molar-refractivity contribution in [1.82, 2.24) is 4.98 Å². The number of nitrogen functional groups attached to an aromatic ring is 1. The number of ether oxygens (including phenoxy) is 2. The Morgan fingerprint density at radius 2 is 2.05 bits per heavy atom. The predicted octanol–water partition coefficient (Wildman–Crippen LogP) is 2.55. The number of rotatable bonds is 5. The molecular formula is C14H14N2O4. The van der Waals surface area contributed by atoms with E-state index in [4.69, 9.17) is 20.3 Å². The van der Waals surface area contributed by atoms with Crippen molar-refractivity contribution in [3.8, 4) is 17.4 Å². The van der Waals surface area contributed by atoms with Crippen molar-refractivity contribution < 1.29 is 19.4 Å². The Balaban J connectivity index is 2.28. The molecule has 0 amide bonds. The average Bonchev–Trinajstić information content (AvgIpc) is 2.43. The molecule has 0 aliphatic rings. The Kier molecular flexibility index (Phi) is 4.05. The maximum Gasteiger partial charge on any atom is 0.337 e. The Hall–Kier alpha value is -2.76. The Morgan fingerprint density at radius 3 is 2.65 bits per heavy atom. The van der Waals surface area contributed by atoms with E-state index in [9.17, 15) is 4.79 Å². The van der Waals surface area contributed by atoms with Gasteiger partial charge in [-0.3, -0.25) is 0 Å². The Morgan fingerprint density at radius 1 is 1.35 bits per heavy atom. The van der Waals surface area contributed by atoms with Crippen molar-refractivity contribution in [1.29, 1.82) is 0 Å². The molecule has 6 nitrogen and oxygen atoms in total. The van der Waals surface area contributed by atoms with Crippen molar-refractivity contribution >= 4 is 11.7 Å². The minimum absolute atomic E-state index is 0.00735. The van der Waals surface area contributed by atoms with E-state index < -0.39 is 5.97 Å². The fourth-order valence-corrected chi connectivity index (χ4v) is 1.58. The van der Waals surface area contributed by atoms with Gasteiger partial charge in [0, 0.05) is 6.20 Å². The molecule has 104 valence electrons. The van der Waals surface area contributed by atoms with Gasteiger partial charge in [0.05, 0.1) is 17.9 Å². The molecule has 1 aromatic heterocycles. The first-order valence-corrected chi connectivity index (χ1v) is 6.00. The van der Waals surface area contributed by atoms with Gasteiger partial charge in [0.15, 0.2) is 11.5 Å². The number of anilines is 1. The molecule has 0 fully saturated rings. The van der Waals surface area contributed by atoms with Crippen molar-refractivity contribution in [2.45, 2.75) is 6.92 Å². The van der Waals surface area contributed by atoms with Gasteiger partial charge < -0.3 is 20.3 Å². The minimum Gasteiger partial charge on any atom is -0.490 e. The highest BCUT2D eigenvalue weighted by Crippen LogP contribution is 2.32. The average molecular weight is 274 g/mol. The lowest BCUT2D eigenvalue weighted by molar-refractivity contribution is 0.0696. The number of carboxylic acid groups (broad SMARTS) is 1. The maximum atomic E-state index is 10.8. The lowest BCUT2D eigenvalue weighted by Gasteiger charge is -2.11. The molecule has 0 spiro atoms. The van der Waals surface area contributed by atoms with E-state index in [1.807, 2.05) is 13.0 Å². The number of carbonyl (C=O) groups is 1. The van der Waals surface area contributed by atoms with E-state index in [0.717, 1.165) is 0 Å². The molecule has 0 aliphatic heterocycles. The molecule has 6 heteroatoms. The molecule has 0 saturated carbocycles. The third-order valence-electron chi connectivity index (χ3n) is 2.48. The number of hydrogen-bond acceptors (Lipinski definition) is 5. The molecule has 0 unspecified atom stereocenters. The number of aromatic carboxylic acids is 1. The monoisotopic (exact) mass is 274 g/mol. The standard InChI is InChI=1S/C14H14N2O4/c1-2-19-11-5-3-4-6-12(11)20-13-10(15)7-9(8-16-13)14(17)18/h3-8H,2,15H2,1H3,(H,17,18). The molecule has 1 aromatic carbocycles. The highest BCUT2D eigenvalue weighted by atomic mass is 16.5. The fraction of sp³-hybridized carbons (Fsp3) is 0.143. The predicted molar refractivity (Wildman–Crippen MR) is 73.3 cm³/mol. The van der Waals surface area contributed by atoms with Crippen LogP contribution in [0.2, 0.25) is 0 Å². The number of benzene rings is 1. The number of pyridine rings is 1. The van der Waals surface area contributed by atoms with E-state index in [1.54, 1.807) is 18.2 Å². The molecule has 0 aliphatic carbocycles. The topological polar surface area (TPSA) is 94.7 Å². The summed E-state index contributed by atoms with van der Waals surface area (Å²) in [5.74, 6) is 0.0859. The van der Waals surface area contributed by atoms with Crippen LogP contribution in [0.3, 0.4) is 0 Å². The van der Waals surface area contributed by atoms with E-state index in [-0.39, 0.29) is 17.1 Å². The van der Waals surface area contributed by atoms with Crippen LogP contribution >= 0.6 is 0 Å². The first-order chi connectivity index (χ1) is 9.61. The van der Waals surface area contributed by atoms with Crippen LogP contribution in [0.25, 0.3) is 0 Å². The van der Waals surface area contributed by atoms with Crippen LogP contribution in [0.1, 0.15) is 17.3 Å². The number of carboxylic acids is 1. The molecule has 2 aromatic rings. The summed E-state index contributed by atoms with van der Waals surface area (Å²) in [6.07, 6.45) is 1.19. The number of para-hydroxylation sites is 2. The molecule has 20 heavy (non-hydrogen) atoms. The summed E-state index contributed by atoms with van der Waals surface area (Å²) in [6, 6.07) is 8.40. The van der Waals surface area contributed by atoms with Crippen LogP contribution in [0.5, 0.6) is 17.4 Å². The van der Waals surface area contributed by atoms with Crippen LogP contribution in [0, 0.1) is 0 Å². The highest BCUT2D eigenvalue weighted by Gasteiger charge is 2.11. The van der Waals surface area contributed by atoms with Crippen molar-refractivity contribution in [2.24, 2.45) is 0 Å². The molecule has 3 N–H and O–H groups in total. The van der Waals surface area contributed by atoms with Crippen LogP contribution in [-0.4, -0.2) is 22.7 Å². The highest BCUT2D eigenvalue weighted by molar-refractivity contribution is 5.88. The van der Waals surface area contributed by atoms with Crippen LogP contribution < -0.4 is 15.2 Å². The minimum atomic E-state index is -1.09. The van der Waals surface area contributed by atoms with Crippen molar-refractivity contribution in [3.05, 3.63) is 42.1 Å². The lowest BCUT2D eigenvalue weighted by atomic mass is 10.2. The summed E-state index contributed by atoms with van der Waals surface area (Å²) < 4.78 is 11.0. The van der Waals surface area contributed by atoms with Crippen LogP contribution in [-0.2, 0) is 0 Å². The van der Waals surface area contributed by atoms with Crippen molar-refractivity contribution in [3.63, 3.8) is 0 Å². The smallest absolute Gasteiger partial charge is 0.337 e. The van der Waals surface area contributed by atoms with E-state index in [2.05, 4.69) is 4.98 Å². The number of hydrogen-bond donors (Lipinski definition) is 2. The van der Waals surface area contributed by atoms with Crippen LogP contribution in [0.15, 0.2) is 36.5 Å². The van der Waals surface area contributed by atoms with Crippen LogP contribution in [0.4, 0.5) is 5.69 Å². The SMILES string of the molecule is CCOc1ccccc1Oc1ncc(C(=O)O)cc1N. The molecule has 0 radical (unpaired) electrons. The second kappa shape index (κ2) is 5.92. The molecular weight excluding hydrogens is 260 g/mol. The summed E-state index contributed by atoms with van der Waals surface area (Å²) in [5, 5.41) is 8.85. The maximum absolute atomic E-state index is 10.8. The largest absolute Gasteiger partial charge is 0.490 e. The number of aromatic nitrogens is 1. The summed E-state index contributed by atoms with van der Waals surface area (Å²) >= 11 is 0. The molecule has 0 saturated heterocycles. The molecule has 2 rings (SSSR count). The zero-order chi connectivity index (χ0) is 14.5. The molecule has 1 heterocycles. The summed E-state index contributed by atoms with van der Waals surface area (Å²) in [5.41, 5.74) is 5.90. The summed E-state index contributed by atoms with van der Waals surface area (Å²) in [4.78, 5) is 14.7. The molecule has 0 bridgehead atoms. The first-order valence-electron chi connectivity index (χ1n) is 6.00. The first kappa shape index (κ1) is 13.7. The Bertz CT molecular complexity index is 628. The van der Waals surface area contributed by atoms with Gasteiger partial charge in [-0.2, -0.15) is 0 Å². The van der Waals surface area contributed by atoms with Gasteiger partial charge in [-0.05, 0) is 25.1 Å². The van der Waals surface area contributed by atoms with Gasteiger partial charge in [0.2, 0.25) is 5.88 Å². The van der Waals surface area contributed by atoms with Gasteiger partial charge in [-0.1, -0.05) is 12.1 Å². The van der Waals surface area contributed by atoms with Gasteiger partial charge in [-0.15, -0.1) is 0 Å². The second-order valence-electron chi connectivity index (χ2n) is 3.91. The fourth-order valence-electron chi connectivity index (χ4n) is 1.58. The van der Waals surface area contributed by atoms with Gasteiger partial charge in [0.25, 0.3) is 0 Å². The molecule has 0 atom stereocenters. The van der Waals surface area contributed by atoms with Gasteiger partial charge in [-0.25, -0.2) is 9.78 Å².